The van der Waals surface area contributed by atoms with Crippen LogP contribution in [0.2, 0.25) is 0 Å². The van der Waals surface area contributed by atoms with Gasteiger partial charge in [0, 0.05) is 23.9 Å². The highest BCUT2D eigenvalue weighted by molar-refractivity contribution is 5.94. The van der Waals surface area contributed by atoms with E-state index in [1.54, 1.807) is 24.7 Å². The highest BCUT2D eigenvalue weighted by Gasteiger charge is 2.07. The van der Waals surface area contributed by atoms with Crippen molar-refractivity contribution in [2.75, 3.05) is 0 Å². The summed E-state index contributed by atoms with van der Waals surface area (Å²) in [4.78, 5) is 18.1. The lowest BCUT2D eigenvalue weighted by atomic mass is 10.0. The molecule has 1 aromatic carbocycles. The van der Waals surface area contributed by atoms with Crippen LogP contribution in [-0.4, -0.2) is 15.9 Å². The lowest BCUT2D eigenvalue weighted by Crippen LogP contribution is -2.13. The largest absolute Gasteiger partial charge is 0.366 e. The molecule has 2 aromatic rings. The van der Waals surface area contributed by atoms with Crippen LogP contribution in [0.4, 0.5) is 0 Å². The summed E-state index contributed by atoms with van der Waals surface area (Å²) >= 11 is 0. The number of benzene rings is 1. The van der Waals surface area contributed by atoms with Gasteiger partial charge in [0.25, 0.3) is 0 Å². The van der Waals surface area contributed by atoms with Crippen LogP contribution in [0.15, 0.2) is 36.8 Å². The van der Waals surface area contributed by atoms with E-state index in [2.05, 4.69) is 9.97 Å². The topological polar surface area (TPSA) is 71.8 Å². The Balaban J connectivity index is 2.32. The van der Waals surface area contributed by atoms with Gasteiger partial charge in [-0.3, -0.25) is 4.79 Å². The van der Waals surface area contributed by atoms with Gasteiger partial charge >= 0.3 is 0 Å². The average Bonchev–Trinajstić information content (AvgIpc) is 2.71. The molecule has 0 saturated carbocycles. The molecule has 0 fully saturated rings. The summed E-state index contributed by atoms with van der Waals surface area (Å²) in [7, 11) is 0. The minimum absolute atomic E-state index is 0.398. The number of rotatable bonds is 3. The molecule has 4 heteroatoms. The molecule has 1 heterocycles. The third-order valence-electron chi connectivity index (χ3n) is 2.22. The summed E-state index contributed by atoms with van der Waals surface area (Å²) in [6.45, 7) is 0. The molecule has 2 rings (SSSR count). The van der Waals surface area contributed by atoms with E-state index in [1.807, 2.05) is 12.1 Å². The van der Waals surface area contributed by atoms with E-state index < -0.39 is 5.91 Å². The number of hydrogen-bond acceptors (Lipinski definition) is 2. The van der Waals surface area contributed by atoms with Gasteiger partial charge in [0.15, 0.2) is 0 Å². The molecule has 76 valence electrons. The van der Waals surface area contributed by atoms with Gasteiger partial charge in [-0.25, -0.2) is 4.98 Å². The summed E-state index contributed by atoms with van der Waals surface area (Å²) in [6, 6.07) is 7.31. The van der Waals surface area contributed by atoms with Gasteiger partial charge < -0.3 is 10.7 Å². The monoisotopic (exact) mass is 201 g/mol. The second kappa shape index (κ2) is 3.96. The first-order chi connectivity index (χ1) is 7.27. The molecule has 0 saturated heterocycles. The molecule has 1 aromatic heterocycles. The van der Waals surface area contributed by atoms with E-state index in [4.69, 9.17) is 5.73 Å². The van der Waals surface area contributed by atoms with Crippen LogP contribution >= 0.6 is 0 Å². The normalized spacial score (nSPS) is 10.1. The Bertz CT molecular complexity index is 462. The smallest absolute Gasteiger partial charge is 0.248 e. The molecule has 0 radical (unpaired) electrons. The zero-order valence-corrected chi connectivity index (χ0v) is 8.10. The molecule has 4 nitrogen and oxygen atoms in total. The first kappa shape index (κ1) is 9.45. The van der Waals surface area contributed by atoms with Crippen LogP contribution in [-0.2, 0) is 6.42 Å². The molecule has 0 bridgehead atoms. The summed E-state index contributed by atoms with van der Waals surface area (Å²) in [5, 5.41) is 0. The molecular formula is C11H11N3O. The molecular weight excluding hydrogens is 190 g/mol. The Kier molecular flexibility index (Phi) is 2.49. The summed E-state index contributed by atoms with van der Waals surface area (Å²) in [5.74, 6) is -0.398. The second-order valence-electron chi connectivity index (χ2n) is 3.28. The zero-order chi connectivity index (χ0) is 10.7. The lowest BCUT2D eigenvalue weighted by molar-refractivity contribution is 0.0999. The van der Waals surface area contributed by atoms with Gasteiger partial charge in [0.2, 0.25) is 5.91 Å². The quantitative estimate of drug-likeness (QED) is 0.780. The van der Waals surface area contributed by atoms with Crippen molar-refractivity contribution in [1.82, 2.24) is 9.97 Å². The molecule has 0 unspecified atom stereocenters. The van der Waals surface area contributed by atoms with E-state index in [1.165, 1.54) is 0 Å². The number of imidazole rings is 1. The van der Waals surface area contributed by atoms with Gasteiger partial charge in [-0.15, -0.1) is 0 Å². The average molecular weight is 201 g/mol. The Morgan fingerprint density at radius 3 is 2.87 bits per heavy atom. The van der Waals surface area contributed by atoms with Crippen molar-refractivity contribution < 1.29 is 4.79 Å². The van der Waals surface area contributed by atoms with Crippen molar-refractivity contribution >= 4 is 5.91 Å². The molecule has 0 aliphatic carbocycles. The Labute approximate surface area is 87.1 Å². The fourth-order valence-electron chi connectivity index (χ4n) is 1.50. The number of H-pyrrole nitrogens is 1. The molecule has 0 spiro atoms. The minimum atomic E-state index is -0.398. The number of carbonyl (C=O) groups is 1. The molecule has 0 atom stereocenters. The van der Waals surface area contributed by atoms with Crippen molar-refractivity contribution in [2.24, 2.45) is 5.73 Å². The maximum Gasteiger partial charge on any atom is 0.248 e. The van der Waals surface area contributed by atoms with Crippen molar-refractivity contribution in [3.63, 3.8) is 0 Å². The SMILES string of the molecule is NC(=O)c1ccccc1Cc1cnc[nH]1. The lowest BCUT2D eigenvalue weighted by Gasteiger charge is -2.04. The van der Waals surface area contributed by atoms with E-state index in [9.17, 15) is 4.79 Å². The van der Waals surface area contributed by atoms with Crippen LogP contribution in [0.3, 0.4) is 0 Å². The number of primary amides is 1. The molecule has 0 aliphatic rings. The van der Waals surface area contributed by atoms with Crippen molar-refractivity contribution in [1.29, 1.82) is 0 Å². The second-order valence-corrected chi connectivity index (χ2v) is 3.28. The predicted octanol–water partition coefficient (Wildman–Crippen LogP) is 1.10. The molecule has 0 aliphatic heterocycles. The van der Waals surface area contributed by atoms with E-state index in [0.717, 1.165) is 11.3 Å². The third-order valence-corrected chi connectivity index (χ3v) is 2.22. The van der Waals surface area contributed by atoms with Crippen LogP contribution in [0.5, 0.6) is 0 Å². The summed E-state index contributed by atoms with van der Waals surface area (Å²) in [6.07, 6.45) is 3.99. The number of hydrogen-bond donors (Lipinski definition) is 2. The maximum atomic E-state index is 11.1. The van der Waals surface area contributed by atoms with E-state index in [0.29, 0.717) is 12.0 Å². The van der Waals surface area contributed by atoms with Crippen LogP contribution in [0.25, 0.3) is 0 Å². The predicted molar refractivity (Wildman–Crippen MR) is 56.4 cm³/mol. The number of carbonyl (C=O) groups excluding carboxylic acids is 1. The van der Waals surface area contributed by atoms with Crippen LogP contribution < -0.4 is 5.73 Å². The maximum absolute atomic E-state index is 11.1. The number of aromatic amines is 1. The minimum Gasteiger partial charge on any atom is -0.366 e. The number of amides is 1. The standard InChI is InChI=1S/C11H11N3O/c12-11(15)10-4-2-1-3-8(10)5-9-6-13-7-14-9/h1-4,6-7H,5H2,(H2,12,15)(H,13,14). The van der Waals surface area contributed by atoms with E-state index >= 15 is 0 Å². The van der Waals surface area contributed by atoms with Crippen molar-refractivity contribution in [2.45, 2.75) is 6.42 Å². The third kappa shape index (κ3) is 2.04. The fourth-order valence-corrected chi connectivity index (χ4v) is 1.50. The Morgan fingerprint density at radius 1 is 1.40 bits per heavy atom. The highest BCUT2D eigenvalue weighted by Crippen LogP contribution is 2.12. The molecule has 1 amide bonds. The van der Waals surface area contributed by atoms with Gasteiger partial charge in [0.05, 0.1) is 6.33 Å². The molecule has 15 heavy (non-hydrogen) atoms. The summed E-state index contributed by atoms with van der Waals surface area (Å²) in [5.41, 5.74) is 7.71. The van der Waals surface area contributed by atoms with Gasteiger partial charge in [-0.2, -0.15) is 0 Å². The number of nitrogens with zero attached hydrogens (tertiary/aromatic N) is 1. The Hall–Kier alpha value is -2.10. The first-order valence-corrected chi connectivity index (χ1v) is 4.62. The van der Waals surface area contributed by atoms with Crippen molar-refractivity contribution in [3.8, 4) is 0 Å². The summed E-state index contributed by atoms with van der Waals surface area (Å²) < 4.78 is 0. The van der Waals surface area contributed by atoms with Crippen LogP contribution in [0, 0.1) is 0 Å². The number of nitrogens with two attached hydrogens (primary N) is 1. The molecule has 3 N–H and O–H groups in total. The first-order valence-electron chi connectivity index (χ1n) is 4.62. The van der Waals surface area contributed by atoms with Crippen molar-refractivity contribution in [3.05, 3.63) is 53.6 Å². The zero-order valence-electron chi connectivity index (χ0n) is 8.10. The number of nitrogens with one attached hydrogen (secondary N) is 1. The highest BCUT2D eigenvalue weighted by atomic mass is 16.1. The van der Waals surface area contributed by atoms with Gasteiger partial charge in [-0.05, 0) is 11.6 Å². The van der Waals surface area contributed by atoms with Crippen LogP contribution in [0.1, 0.15) is 21.6 Å². The Morgan fingerprint density at radius 2 is 2.20 bits per heavy atom. The van der Waals surface area contributed by atoms with Gasteiger partial charge in [0.1, 0.15) is 0 Å². The number of aromatic nitrogens is 2. The fraction of sp³-hybridized carbons (Fsp3) is 0.0909. The van der Waals surface area contributed by atoms with E-state index in [-0.39, 0.29) is 0 Å². The van der Waals surface area contributed by atoms with Gasteiger partial charge in [-0.1, -0.05) is 18.2 Å².